The minimum absolute atomic E-state index is 0.631. The second-order valence-corrected chi connectivity index (χ2v) is 5.53. The molecule has 1 aromatic carbocycles. The Kier molecular flexibility index (Phi) is 2.44. The molecule has 1 aromatic heterocycles. The molecule has 3 rings (SSSR count). The van der Waals surface area contributed by atoms with Gasteiger partial charge >= 0.3 is 0 Å². The van der Waals surface area contributed by atoms with E-state index in [4.69, 9.17) is 5.41 Å². The van der Waals surface area contributed by atoms with Crippen LogP contribution in [0.4, 0.5) is 0 Å². The van der Waals surface area contributed by atoms with Gasteiger partial charge in [-0.3, -0.25) is 5.41 Å². The van der Waals surface area contributed by atoms with Crippen LogP contribution < -0.4 is 0 Å². The third-order valence-electron chi connectivity index (χ3n) is 2.97. The molecule has 1 N–H and O–H groups in total. The minimum atomic E-state index is 0.631. The predicted octanol–water partition coefficient (Wildman–Crippen LogP) is 2.79. The fourth-order valence-electron chi connectivity index (χ4n) is 2.15. The fraction of sp³-hybridized carbons (Fsp3) is 0.231. The van der Waals surface area contributed by atoms with Crippen LogP contribution in [0.25, 0.3) is 0 Å². The van der Waals surface area contributed by atoms with Crippen LogP contribution in [-0.4, -0.2) is 15.7 Å². The molecule has 0 radical (unpaired) electrons. The van der Waals surface area contributed by atoms with E-state index in [1.807, 2.05) is 31.3 Å². The Morgan fingerprint density at radius 1 is 1.41 bits per heavy atom. The van der Waals surface area contributed by atoms with E-state index in [2.05, 4.69) is 16.0 Å². The van der Waals surface area contributed by atoms with Crippen molar-refractivity contribution in [2.45, 2.75) is 20.0 Å². The van der Waals surface area contributed by atoms with E-state index >= 15 is 0 Å². The molecule has 86 valence electrons. The van der Waals surface area contributed by atoms with E-state index in [1.54, 1.807) is 11.3 Å². The van der Waals surface area contributed by atoms with Crippen LogP contribution in [0.5, 0.6) is 0 Å². The minimum Gasteiger partial charge on any atom is -0.347 e. The number of fused-ring (bicyclic) bond motifs is 1. The number of aryl methyl sites for hydroxylation is 1. The monoisotopic (exact) mass is 243 g/mol. The molecule has 0 unspecified atom stereocenters. The lowest BCUT2D eigenvalue weighted by molar-refractivity contribution is 0.426. The first-order valence-corrected chi connectivity index (χ1v) is 6.39. The quantitative estimate of drug-likeness (QED) is 0.881. The molecule has 1 aliphatic heterocycles. The molecule has 2 heterocycles. The Hall–Kier alpha value is -1.68. The predicted molar refractivity (Wildman–Crippen MR) is 69.4 cm³/mol. The molecule has 4 heteroatoms. The molecule has 0 spiro atoms. The number of nitrogens with one attached hydrogen (secondary N) is 1. The first-order chi connectivity index (χ1) is 8.24. The summed E-state index contributed by atoms with van der Waals surface area (Å²) in [5, 5.41) is 9.24. The first-order valence-electron chi connectivity index (χ1n) is 5.57. The van der Waals surface area contributed by atoms with Gasteiger partial charge in [0.2, 0.25) is 0 Å². The van der Waals surface area contributed by atoms with Gasteiger partial charge in [-0.05, 0) is 12.5 Å². The Bertz CT molecular complexity index is 574. The van der Waals surface area contributed by atoms with Gasteiger partial charge in [-0.2, -0.15) is 0 Å². The Balaban J connectivity index is 1.82. The smallest absolute Gasteiger partial charge is 0.129 e. The molecule has 0 aliphatic carbocycles. The van der Waals surface area contributed by atoms with Crippen LogP contribution in [0.2, 0.25) is 0 Å². The third kappa shape index (κ3) is 1.85. The van der Waals surface area contributed by atoms with Gasteiger partial charge in [0, 0.05) is 23.2 Å². The average molecular weight is 243 g/mol. The number of rotatable bonds is 2. The highest BCUT2D eigenvalue weighted by atomic mass is 32.1. The highest BCUT2D eigenvalue weighted by Crippen LogP contribution is 2.25. The first kappa shape index (κ1) is 10.5. The van der Waals surface area contributed by atoms with Crippen molar-refractivity contribution in [2.24, 2.45) is 0 Å². The van der Waals surface area contributed by atoms with Gasteiger partial charge < -0.3 is 4.90 Å². The lowest BCUT2D eigenvalue weighted by Gasteiger charge is -2.16. The average Bonchev–Trinajstić information content (AvgIpc) is 2.86. The van der Waals surface area contributed by atoms with E-state index in [-0.39, 0.29) is 0 Å². The van der Waals surface area contributed by atoms with Crippen molar-refractivity contribution >= 4 is 17.2 Å². The largest absolute Gasteiger partial charge is 0.347 e. The van der Waals surface area contributed by atoms with Crippen molar-refractivity contribution in [1.29, 1.82) is 5.41 Å². The Morgan fingerprint density at radius 3 is 2.94 bits per heavy atom. The summed E-state index contributed by atoms with van der Waals surface area (Å²) in [5.74, 6) is 0.631. The summed E-state index contributed by atoms with van der Waals surface area (Å²) in [6.45, 7) is 3.64. The van der Waals surface area contributed by atoms with Gasteiger partial charge in [-0.1, -0.05) is 24.3 Å². The Morgan fingerprint density at radius 2 is 2.24 bits per heavy atom. The van der Waals surface area contributed by atoms with Crippen LogP contribution in [0, 0.1) is 12.3 Å². The van der Waals surface area contributed by atoms with E-state index in [1.165, 1.54) is 10.4 Å². The maximum atomic E-state index is 8.15. The summed E-state index contributed by atoms with van der Waals surface area (Å²) >= 11 is 1.71. The van der Waals surface area contributed by atoms with Crippen molar-refractivity contribution in [3.05, 3.63) is 51.5 Å². The number of benzene rings is 1. The number of hydrogen-bond acceptors (Lipinski definition) is 3. The number of thiazole rings is 1. The topological polar surface area (TPSA) is 40.0 Å². The zero-order valence-corrected chi connectivity index (χ0v) is 10.4. The molecule has 3 nitrogen and oxygen atoms in total. The molecule has 0 amide bonds. The zero-order valence-electron chi connectivity index (χ0n) is 9.60. The summed E-state index contributed by atoms with van der Waals surface area (Å²) in [5.41, 5.74) is 2.31. The fourth-order valence-corrected chi connectivity index (χ4v) is 2.96. The van der Waals surface area contributed by atoms with E-state index in [9.17, 15) is 0 Å². The molecule has 2 aromatic rings. The maximum Gasteiger partial charge on any atom is 0.129 e. The van der Waals surface area contributed by atoms with Gasteiger partial charge in [-0.25, -0.2) is 4.98 Å². The summed E-state index contributed by atoms with van der Waals surface area (Å²) in [4.78, 5) is 7.57. The molecule has 0 saturated carbocycles. The molecular weight excluding hydrogens is 230 g/mol. The van der Waals surface area contributed by atoms with Crippen LogP contribution in [-0.2, 0) is 13.1 Å². The molecule has 1 aliphatic rings. The second kappa shape index (κ2) is 3.96. The van der Waals surface area contributed by atoms with Gasteiger partial charge in [0.1, 0.15) is 5.84 Å². The van der Waals surface area contributed by atoms with Crippen molar-refractivity contribution in [1.82, 2.24) is 9.88 Å². The highest BCUT2D eigenvalue weighted by Gasteiger charge is 2.23. The van der Waals surface area contributed by atoms with Crippen LogP contribution >= 0.6 is 11.3 Å². The normalized spacial score (nSPS) is 14.2. The second-order valence-electron chi connectivity index (χ2n) is 4.21. The van der Waals surface area contributed by atoms with E-state index < -0.39 is 0 Å². The number of amidine groups is 1. The van der Waals surface area contributed by atoms with Crippen molar-refractivity contribution in [2.75, 3.05) is 0 Å². The lowest BCUT2D eigenvalue weighted by atomic mass is 10.1. The summed E-state index contributed by atoms with van der Waals surface area (Å²) in [7, 11) is 0. The van der Waals surface area contributed by atoms with Crippen LogP contribution in [0.15, 0.2) is 30.5 Å². The molecule has 0 saturated heterocycles. The third-order valence-corrected chi connectivity index (χ3v) is 3.86. The van der Waals surface area contributed by atoms with Crippen molar-refractivity contribution < 1.29 is 0 Å². The number of aromatic nitrogens is 1. The molecular formula is C13H13N3S. The Labute approximate surface area is 104 Å². The number of hydrogen-bond donors (Lipinski definition) is 1. The van der Waals surface area contributed by atoms with Gasteiger partial charge in [0.25, 0.3) is 0 Å². The van der Waals surface area contributed by atoms with E-state index in [0.717, 1.165) is 23.7 Å². The van der Waals surface area contributed by atoms with Crippen LogP contribution in [0.3, 0.4) is 0 Å². The lowest BCUT2D eigenvalue weighted by Crippen LogP contribution is -2.22. The van der Waals surface area contributed by atoms with Gasteiger partial charge in [0.05, 0.1) is 11.6 Å². The van der Waals surface area contributed by atoms with Gasteiger partial charge in [-0.15, -0.1) is 11.3 Å². The molecule has 17 heavy (non-hydrogen) atoms. The zero-order chi connectivity index (χ0) is 11.8. The maximum absolute atomic E-state index is 8.15. The SMILES string of the molecule is Cc1ncc(CN2Cc3ccccc3C2=N)s1. The molecule has 0 bridgehead atoms. The highest BCUT2D eigenvalue weighted by molar-refractivity contribution is 7.11. The number of nitrogens with zero attached hydrogens (tertiary/aromatic N) is 2. The summed E-state index contributed by atoms with van der Waals surface area (Å²) in [6, 6.07) is 8.15. The van der Waals surface area contributed by atoms with E-state index in [0.29, 0.717) is 5.84 Å². The summed E-state index contributed by atoms with van der Waals surface area (Å²) in [6.07, 6.45) is 1.91. The standard InChI is InChI=1S/C13H13N3S/c1-9-15-6-11(17-9)8-16-7-10-4-2-3-5-12(10)13(16)14/h2-6,14H,7-8H2,1H3. The summed E-state index contributed by atoms with van der Waals surface area (Å²) < 4.78 is 0. The van der Waals surface area contributed by atoms with Gasteiger partial charge in [0.15, 0.2) is 0 Å². The van der Waals surface area contributed by atoms with Crippen molar-refractivity contribution in [3.63, 3.8) is 0 Å². The molecule has 0 fully saturated rings. The van der Waals surface area contributed by atoms with Crippen LogP contribution in [0.1, 0.15) is 21.0 Å². The molecule has 0 atom stereocenters. The van der Waals surface area contributed by atoms with Crippen molar-refractivity contribution in [3.8, 4) is 0 Å².